The summed E-state index contributed by atoms with van der Waals surface area (Å²) in [6, 6.07) is 0.388. The Morgan fingerprint density at radius 3 is 2.56 bits per heavy atom. The molecule has 1 unspecified atom stereocenters. The Labute approximate surface area is 99.6 Å². The van der Waals surface area contributed by atoms with Crippen molar-refractivity contribution in [3.05, 3.63) is 0 Å². The van der Waals surface area contributed by atoms with Crippen LogP contribution in [0.5, 0.6) is 0 Å². The molecule has 1 fully saturated rings. The van der Waals surface area contributed by atoms with Crippen molar-refractivity contribution >= 4 is 5.91 Å². The first-order valence-corrected chi connectivity index (χ1v) is 6.32. The molecule has 0 aliphatic carbocycles. The molecular formula is C13H26N2O. The smallest absolute Gasteiger partial charge is 0.228 e. The first kappa shape index (κ1) is 13.5. The Balaban J connectivity index is 2.60. The molecule has 94 valence electrons. The van der Waals surface area contributed by atoms with Crippen LogP contribution in [0.25, 0.3) is 0 Å². The standard InChI is InChI=1S/C13H26N2O/c1-10(2)8-13(3,4)12(16)15(5)11-6-7-14-9-11/h10-11,14H,6-9H2,1-5H3. The molecule has 1 amide bonds. The van der Waals surface area contributed by atoms with Crippen LogP contribution in [0.3, 0.4) is 0 Å². The van der Waals surface area contributed by atoms with Gasteiger partial charge in [-0.05, 0) is 25.3 Å². The van der Waals surface area contributed by atoms with Gasteiger partial charge in [0.15, 0.2) is 0 Å². The lowest BCUT2D eigenvalue weighted by Crippen LogP contribution is -2.45. The van der Waals surface area contributed by atoms with E-state index in [2.05, 4.69) is 33.0 Å². The Morgan fingerprint density at radius 1 is 1.50 bits per heavy atom. The van der Waals surface area contributed by atoms with Gasteiger partial charge in [0, 0.05) is 25.0 Å². The lowest BCUT2D eigenvalue weighted by atomic mass is 9.82. The number of carbonyl (C=O) groups excluding carboxylic acids is 1. The molecule has 1 aliphatic rings. The van der Waals surface area contributed by atoms with Crippen LogP contribution < -0.4 is 5.32 Å². The predicted molar refractivity (Wildman–Crippen MR) is 67.3 cm³/mol. The van der Waals surface area contributed by atoms with Gasteiger partial charge in [-0.25, -0.2) is 0 Å². The topological polar surface area (TPSA) is 32.3 Å². The third-order valence-corrected chi connectivity index (χ3v) is 3.40. The monoisotopic (exact) mass is 226 g/mol. The van der Waals surface area contributed by atoms with Gasteiger partial charge in [0.2, 0.25) is 5.91 Å². The van der Waals surface area contributed by atoms with Crippen LogP contribution in [0.1, 0.15) is 40.5 Å². The van der Waals surface area contributed by atoms with Crippen LogP contribution in [0.2, 0.25) is 0 Å². The lowest BCUT2D eigenvalue weighted by molar-refractivity contribution is -0.141. The van der Waals surface area contributed by atoms with Gasteiger partial charge < -0.3 is 10.2 Å². The van der Waals surface area contributed by atoms with Gasteiger partial charge in [-0.3, -0.25) is 4.79 Å². The zero-order valence-corrected chi connectivity index (χ0v) is 11.3. The van der Waals surface area contributed by atoms with E-state index in [1.807, 2.05) is 11.9 Å². The summed E-state index contributed by atoms with van der Waals surface area (Å²) in [4.78, 5) is 14.3. The highest BCUT2D eigenvalue weighted by atomic mass is 16.2. The van der Waals surface area contributed by atoms with Gasteiger partial charge in [0.25, 0.3) is 0 Å². The van der Waals surface area contributed by atoms with Gasteiger partial charge in [-0.15, -0.1) is 0 Å². The second kappa shape index (κ2) is 5.17. The first-order valence-electron chi connectivity index (χ1n) is 6.32. The quantitative estimate of drug-likeness (QED) is 0.794. The fourth-order valence-electron chi connectivity index (χ4n) is 2.72. The summed E-state index contributed by atoms with van der Waals surface area (Å²) in [5.74, 6) is 0.851. The second-order valence-electron chi connectivity index (χ2n) is 6.04. The van der Waals surface area contributed by atoms with E-state index in [4.69, 9.17) is 0 Å². The number of carbonyl (C=O) groups is 1. The fraction of sp³-hybridized carbons (Fsp3) is 0.923. The molecule has 0 aromatic carbocycles. The summed E-state index contributed by atoms with van der Waals surface area (Å²) in [5.41, 5.74) is -0.231. The molecule has 0 bridgehead atoms. The number of hydrogen-bond acceptors (Lipinski definition) is 2. The molecular weight excluding hydrogens is 200 g/mol. The molecule has 0 aromatic heterocycles. The van der Waals surface area contributed by atoms with Crippen molar-refractivity contribution in [1.29, 1.82) is 0 Å². The van der Waals surface area contributed by atoms with Gasteiger partial charge in [-0.2, -0.15) is 0 Å². The molecule has 1 saturated heterocycles. The van der Waals surface area contributed by atoms with Crippen LogP contribution in [0.4, 0.5) is 0 Å². The molecule has 3 heteroatoms. The summed E-state index contributed by atoms with van der Waals surface area (Å²) in [6.07, 6.45) is 2.04. The van der Waals surface area contributed by atoms with E-state index in [-0.39, 0.29) is 11.3 Å². The van der Waals surface area contributed by atoms with Crippen molar-refractivity contribution in [2.24, 2.45) is 11.3 Å². The largest absolute Gasteiger partial charge is 0.341 e. The summed E-state index contributed by atoms with van der Waals surface area (Å²) in [5, 5.41) is 3.31. The van der Waals surface area contributed by atoms with E-state index in [0.717, 1.165) is 25.9 Å². The van der Waals surface area contributed by atoms with E-state index in [1.54, 1.807) is 0 Å². The maximum absolute atomic E-state index is 12.4. The Kier molecular flexibility index (Phi) is 4.36. The zero-order valence-electron chi connectivity index (χ0n) is 11.3. The summed E-state index contributed by atoms with van der Waals surface area (Å²) >= 11 is 0. The first-order chi connectivity index (χ1) is 7.34. The van der Waals surface area contributed by atoms with Gasteiger partial charge in [0.1, 0.15) is 0 Å². The number of amides is 1. The summed E-state index contributed by atoms with van der Waals surface area (Å²) in [7, 11) is 1.95. The van der Waals surface area contributed by atoms with Crippen molar-refractivity contribution < 1.29 is 4.79 Å². The molecule has 1 atom stereocenters. The predicted octanol–water partition coefficient (Wildman–Crippen LogP) is 1.88. The number of hydrogen-bond donors (Lipinski definition) is 1. The van der Waals surface area contributed by atoms with Crippen LogP contribution in [-0.4, -0.2) is 37.0 Å². The average molecular weight is 226 g/mol. The Bertz CT molecular complexity index is 242. The highest BCUT2D eigenvalue weighted by molar-refractivity contribution is 5.82. The average Bonchev–Trinajstić information content (AvgIpc) is 2.66. The van der Waals surface area contributed by atoms with Crippen molar-refractivity contribution in [3.8, 4) is 0 Å². The maximum Gasteiger partial charge on any atom is 0.228 e. The minimum atomic E-state index is -0.231. The van der Waals surface area contributed by atoms with Crippen LogP contribution in [0.15, 0.2) is 0 Å². The lowest BCUT2D eigenvalue weighted by Gasteiger charge is -2.33. The van der Waals surface area contributed by atoms with Crippen molar-refractivity contribution in [2.75, 3.05) is 20.1 Å². The molecule has 16 heavy (non-hydrogen) atoms. The SMILES string of the molecule is CC(C)CC(C)(C)C(=O)N(C)C1CCNC1. The third kappa shape index (κ3) is 3.21. The van der Waals surface area contributed by atoms with Crippen molar-refractivity contribution in [2.45, 2.75) is 46.6 Å². The third-order valence-electron chi connectivity index (χ3n) is 3.40. The molecule has 0 spiro atoms. The van der Waals surface area contributed by atoms with Crippen molar-refractivity contribution in [3.63, 3.8) is 0 Å². The summed E-state index contributed by atoms with van der Waals surface area (Å²) < 4.78 is 0. The maximum atomic E-state index is 12.4. The minimum Gasteiger partial charge on any atom is -0.341 e. The molecule has 1 heterocycles. The number of rotatable bonds is 4. The Morgan fingerprint density at radius 2 is 2.12 bits per heavy atom. The molecule has 1 rings (SSSR count). The van der Waals surface area contributed by atoms with Gasteiger partial charge in [0.05, 0.1) is 0 Å². The van der Waals surface area contributed by atoms with Crippen molar-refractivity contribution in [1.82, 2.24) is 10.2 Å². The number of nitrogens with zero attached hydrogens (tertiary/aromatic N) is 1. The van der Waals surface area contributed by atoms with E-state index in [1.165, 1.54) is 0 Å². The molecule has 0 saturated carbocycles. The number of nitrogens with one attached hydrogen (secondary N) is 1. The van der Waals surface area contributed by atoms with E-state index >= 15 is 0 Å². The second-order valence-corrected chi connectivity index (χ2v) is 6.04. The molecule has 1 aliphatic heterocycles. The van der Waals surface area contributed by atoms with Gasteiger partial charge in [-0.1, -0.05) is 27.7 Å². The highest BCUT2D eigenvalue weighted by Gasteiger charge is 2.34. The normalized spacial score (nSPS) is 21.5. The molecule has 3 nitrogen and oxygen atoms in total. The summed E-state index contributed by atoms with van der Waals surface area (Å²) in [6.45, 7) is 10.5. The van der Waals surface area contributed by atoms with E-state index in [0.29, 0.717) is 12.0 Å². The molecule has 0 aromatic rings. The Hall–Kier alpha value is -0.570. The fourth-order valence-corrected chi connectivity index (χ4v) is 2.72. The molecule has 0 radical (unpaired) electrons. The van der Waals surface area contributed by atoms with Crippen LogP contribution in [-0.2, 0) is 4.79 Å². The van der Waals surface area contributed by atoms with E-state index in [9.17, 15) is 4.79 Å². The van der Waals surface area contributed by atoms with Crippen LogP contribution in [0, 0.1) is 11.3 Å². The number of likely N-dealkylation sites (N-methyl/N-ethyl adjacent to an activating group) is 1. The molecule has 1 N–H and O–H groups in total. The minimum absolute atomic E-state index is 0.231. The zero-order chi connectivity index (χ0) is 12.3. The van der Waals surface area contributed by atoms with Crippen LogP contribution >= 0.6 is 0 Å². The van der Waals surface area contributed by atoms with Gasteiger partial charge >= 0.3 is 0 Å². The van der Waals surface area contributed by atoms with E-state index < -0.39 is 0 Å². The highest BCUT2D eigenvalue weighted by Crippen LogP contribution is 2.28.